The zero-order valence-corrected chi connectivity index (χ0v) is 16.4. The predicted octanol–water partition coefficient (Wildman–Crippen LogP) is 4.70. The van der Waals surface area contributed by atoms with Gasteiger partial charge in [0.2, 0.25) is 5.91 Å². The molecule has 0 fully saturated rings. The van der Waals surface area contributed by atoms with Crippen molar-refractivity contribution in [1.82, 2.24) is 5.32 Å². The summed E-state index contributed by atoms with van der Waals surface area (Å²) in [5.41, 5.74) is 3.41. The monoisotopic (exact) mass is 372 g/mol. The number of carbonyl (C=O) groups excluding carboxylic acids is 2. The number of anilines is 1. The van der Waals surface area contributed by atoms with Crippen LogP contribution in [0, 0.1) is 6.92 Å². The molecule has 2 rings (SSSR count). The summed E-state index contributed by atoms with van der Waals surface area (Å²) in [5, 5.41) is 6.15. The van der Waals surface area contributed by atoms with Gasteiger partial charge in [0.15, 0.2) is 0 Å². The molecule has 0 aliphatic carbocycles. The van der Waals surface area contributed by atoms with E-state index in [2.05, 4.69) is 31.4 Å². The molecule has 0 aliphatic heterocycles. The van der Waals surface area contributed by atoms with Gasteiger partial charge in [-0.05, 0) is 47.7 Å². The van der Waals surface area contributed by atoms with Gasteiger partial charge in [0, 0.05) is 29.2 Å². The highest BCUT2D eigenvalue weighted by Gasteiger charge is 2.14. The van der Waals surface area contributed by atoms with E-state index in [9.17, 15) is 9.59 Å². The minimum absolute atomic E-state index is 0.0476. The second kappa shape index (κ2) is 8.37. The molecule has 26 heavy (non-hydrogen) atoms. The Morgan fingerprint density at radius 1 is 1.04 bits per heavy atom. The second-order valence-electron chi connectivity index (χ2n) is 7.35. The minimum Gasteiger partial charge on any atom is -0.352 e. The molecule has 0 heterocycles. The first-order valence-electron chi connectivity index (χ1n) is 8.61. The van der Waals surface area contributed by atoms with Crippen molar-refractivity contribution in [3.8, 4) is 0 Å². The molecule has 0 aliphatic rings. The molecule has 2 aromatic carbocycles. The van der Waals surface area contributed by atoms with Crippen LogP contribution in [-0.2, 0) is 10.2 Å². The average Bonchev–Trinajstić information content (AvgIpc) is 2.57. The summed E-state index contributed by atoms with van der Waals surface area (Å²) in [4.78, 5) is 24.1. The summed E-state index contributed by atoms with van der Waals surface area (Å²) < 4.78 is 0. The molecule has 2 amide bonds. The standard InChI is InChI=1S/C21H25ClN2O2/c1-14-5-10-17(13-18(14)22)24-19(25)11-12-23-20(26)15-6-8-16(9-7-15)21(2,3)4/h5-10,13H,11-12H2,1-4H3,(H,23,26)(H,24,25). The summed E-state index contributed by atoms with van der Waals surface area (Å²) in [6.45, 7) is 8.55. The molecule has 4 nitrogen and oxygen atoms in total. The Hall–Kier alpha value is -2.33. The summed E-state index contributed by atoms with van der Waals surface area (Å²) in [5.74, 6) is -0.357. The van der Waals surface area contributed by atoms with E-state index in [4.69, 9.17) is 11.6 Å². The molecule has 0 saturated heterocycles. The number of hydrogen-bond donors (Lipinski definition) is 2. The van der Waals surface area contributed by atoms with Gasteiger partial charge < -0.3 is 10.6 Å². The van der Waals surface area contributed by atoms with Crippen LogP contribution < -0.4 is 10.6 Å². The normalized spacial score (nSPS) is 11.1. The van der Waals surface area contributed by atoms with Crippen LogP contribution in [0.2, 0.25) is 5.02 Å². The largest absolute Gasteiger partial charge is 0.352 e. The van der Waals surface area contributed by atoms with E-state index >= 15 is 0 Å². The summed E-state index contributed by atoms with van der Waals surface area (Å²) in [7, 11) is 0. The van der Waals surface area contributed by atoms with Gasteiger partial charge in [0.05, 0.1) is 0 Å². The highest BCUT2D eigenvalue weighted by molar-refractivity contribution is 6.31. The van der Waals surface area contributed by atoms with E-state index in [1.54, 1.807) is 12.1 Å². The van der Waals surface area contributed by atoms with Crippen molar-refractivity contribution in [2.24, 2.45) is 0 Å². The van der Waals surface area contributed by atoms with Crippen molar-refractivity contribution in [3.63, 3.8) is 0 Å². The summed E-state index contributed by atoms with van der Waals surface area (Å²) in [6, 6.07) is 12.9. The van der Waals surface area contributed by atoms with Crippen molar-refractivity contribution in [3.05, 3.63) is 64.2 Å². The SMILES string of the molecule is Cc1ccc(NC(=O)CCNC(=O)c2ccc(C(C)(C)C)cc2)cc1Cl. The third-order valence-electron chi connectivity index (χ3n) is 4.11. The highest BCUT2D eigenvalue weighted by Crippen LogP contribution is 2.22. The maximum absolute atomic E-state index is 12.2. The molecule has 0 unspecified atom stereocenters. The van der Waals surface area contributed by atoms with Crippen LogP contribution in [-0.4, -0.2) is 18.4 Å². The van der Waals surface area contributed by atoms with Crippen molar-refractivity contribution in [2.45, 2.75) is 39.5 Å². The quantitative estimate of drug-likeness (QED) is 0.798. The molecule has 5 heteroatoms. The maximum Gasteiger partial charge on any atom is 0.251 e. The van der Waals surface area contributed by atoms with E-state index in [-0.39, 0.29) is 30.2 Å². The van der Waals surface area contributed by atoms with Crippen molar-refractivity contribution in [2.75, 3.05) is 11.9 Å². The van der Waals surface area contributed by atoms with E-state index in [0.29, 0.717) is 16.3 Å². The zero-order chi connectivity index (χ0) is 19.3. The van der Waals surface area contributed by atoms with Gasteiger partial charge in [-0.15, -0.1) is 0 Å². The zero-order valence-electron chi connectivity index (χ0n) is 15.7. The summed E-state index contributed by atoms with van der Waals surface area (Å²) in [6.07, 6.45) is 0.192. The van der Waals surface area contributed by atoms with E-state index in [1.165, 1.54) is 5.56 Å². The Morgan fingerprint density at radius 2 is 1.69 bits per heavy atom. The molecule has 0 aromatic heterocycles. The van der Waals surface area contributed by atoms with Crippen molar-refractivity contribution < 1.29 is 9.59 Å². The molecule has 0 saturated carbocycles. The number of nitrogens with one attached hydrogen (secondary N) is 2. The number of carbonyl (C=O) groups is 2. The molecule has 2 N–H and O–H groups in total. The molecule has 0 radical (unpaired) electrons. The Labute approximate surface area is 159 Å². The number of rotatable bonds is 5. The number of amides is 2. The van der Waals surface area contributed by atoms with Crippen LogP contribution in [0.15, 0.2) is 42.5 Å². The van der Waals surface area contributed by atoms with Crippen LogP contribution in [0.3, 0.4) is 0 Å². The van der Waals surface area contributed by atoms with E-state index < -0.39 is 0 Å². The highest BCUT2D eigenvalue weighted by atomic mass is 35.5. The van der Waals surface area contributed by atoms with Gasteiger partial charge in [-0.2, -0.15) is 0 Å². The number of benzene rings is 2. The van der Waals surface area contributed by atoms with Crippen LogP contribution >= 0.6 is 11.6 Å². The molecule has 0 bridgehead atoms. The molecular formula is C21H25ClN2O2. The number of halogens is 1. The molecule has 2 aromatic rings. The second-order valence-corrected chi connectivity index (χ2v) is 7.75. The molecule has 0 atom stereocenters. The lowest BCUT2D eigenvalue weighted by Crippen LogP contribution is -2.27. The van der Waals surface area contributed by atoms with Gasteiger partial charge in [0.1, 0.15) is 0 Å². The third kappa shape index (κ3) is 5.60. The first-order valence-corrected chi connectivity index (χ1v) is 8.99. The smallest absolute Gasteiger partial charge is 0.251 e. The Bertz CT molecular complexity index is 793. The fourth-order valence-electron chi connectivity index (χ4n) is 2.41. The van der Waals surface area contributed by atoms with Gasteiger partial charge in [-0.25, -0.2) is 0 Å². The fourth-order valence-corrected chi connectivity index (χ4v) is 2.59. The average molecular weight is 373 g/mol. The Kier molecular flexibility index (Phi) is 6.43. The maximum atomic E-state index is 12.2. The predicted molar refractivity (Wildman–Crippen MR) is 107 cm³/mol. The van der Waals surface area contributed by atoms with Gasteiger partial charge in [-0.3, -0.25) is 9.59 Å². The van der Waals surface area contributed by atoms with Crippen molar-refractivity contribution in [1.29, 1.82) is 0 Å². The molecule has 138 valence electrons. The first kappa shape index (κ1) is 20.0. The van der Waals surface area contributed by atoms with Gasteiger partial charge in [0.25, 0.3) is 5.91 Å². The lowest BCUT2D eigenvalue weighted by molar-refractivity contribution is -0.116. The minimum atomic E-state index is -0.184. The first-order chi connectivity index (χ1) is 12.2. The van der Waals surface area contributed by atoms with Crippen LogP contribution in [0.5, 0.6) is 0 Å². The molecule has 0 spiro atoms. The Morgan fingerprint density at radius 3 is 2.27 bits per heavy atom. The number of aryl methyl sites for hydroxylation is 1. The number of hydrogen-bond acceptors (Lipinski definition) is 2. The fraction of sp³-hybridized carbons (Fsp3) is 0.333. The van der Waals surface area contributed by atoms with E-state index in [0.717, 1.165) is 5.56 Å². The van der Waals surface area contributed by atoms with Gasteiger partial charge >= 0.3 is 0 Å². The lowest BCUT2D eigenvalue weighted by atomic mass is 9.87. The van der Waals surface area contributed by atoms with Gasteiger partial charge in [-0.1, -0.05) is 50.6 Å². The topological polar surface area (TPSA) is 58.2 Å². The third-order valence-corrected chi connectivity index (χ3v) is 4.51. The summed E-state index contributed by atoms with van der Waals surface area (Å²) >= 11 is 6.04. The van der Waals surface area contributed by atoms with E-state index in [1.807, 2.05) is 37.3 Å². The van der Waals surface area contributed by atoms with Crippen LogP contribution in [0.4, 0.5) is 5.69 Å². The van der Waals surface area contributed by atoms with Crippen LogP contribution in [0.25, 0.3) is 0 Å². The Balaban J connectivity index is 1.82. The van der Waals surface area contributed by atoms with Crippen LogP contribution in [0.1, 0.15) is 48.7 Å². The van der Waals surface area contributed by atoms with Crippen molar-refractivity contribution >= 4 is 29.1 Å². The lowest BCUT2D eigenvalue weighted by Gasteiger charge is -2.19. The molecular weight excluding hydrogens is 348 g/mol.